The molecule has 1 rings (SSSR count). The third-order valence-corrected chi connectivity index (χ3v) is 2.99. The van der Waals surface area contributed by atoms with Gasteiger partial charge in [-0.2, -0.15) is 0 Å². The van der Waals surface area contributed by atoms with Crippen LogP contribution in [0.2, 0.25) is 0 Å². The van der Waals surface area contributed by atoms with Crippen molar-refractivity contribution in [3.05, 3.63) is 0 Å². The van der Waals surface area contributed by atoms with E-state index in [1.54, 1.807) is 13.8 Å². The van der Waals surface area contributed by atoms with E-state index in [1.807, 2.05) is 13.8 Å². The van der Waals surface area contributed by atoms with Crippen molar-refractivity contribution in [2.45, 2.75) is 51.6 Å². The second kappa shape index (κ2) is 3.26. The van der Waals surface area contributed by atoms with E-state index in [0.29, 0.717) is 12.8 Å². The van der Waals surface area contributed by atoms with Gasteiger partial charge in [-0.05, 0) is 26.7 Å². The summed E-state index contributed by atoms with van der Waals surface area (Å²) < 4.78 is 0. The predicted molar refractivity (Wildman–Crippen MR) is 53.7 cm³/mol. The molecule has 4 heteroatoms. The fourth-order valence-electron chi connectivity index (χ4n) is 1.64. The van der Waals surface area contributed by atoms with E-state index in [0.717, 1.165) is 0 Å². The first-order chi connectivity index (χ1) is 6.38. The Labute approximate surface area is 84.4 Å². The minimum absolute atomic E-state index is 0.0768. The molecule has 0 aliphatic carbocycles. The number of carbonyl (C=O) groups excluding carboxylic acids is 2. The molecule has 0 unspecified atom stereocenters. The van der Waals surface area contributed by atoms with Crippen LogP contribution in [-0.2, 0) is 9.59 Å². The average Bonchev–Trinajstić information content (AvgIpc) is 2.11. The minimum Gasteiger partial charge on any atom is -0.340 e. The van der Waals surface area contributed by atoms with Crippen LogP contribution in [-0.4, -0.2) is 22.9 Å². The number of rotatable bonds is 2. The number of nitrogens with one attached hydrogen (secondary N) is 2. The van der Waals surface area contributed by atoms with Crippen molar-refractivity contribution in [3.63, 3.8) is 0 Å². The van der Waals surface area contributed by atoms with E-state index in [2.05, 4.69) is 10.6 Å². The van der Waals surface area contributed by atoms with Gasteiger partial charge in [0, 0.05) is 0 Å². The van der Waals surface area contributed by atoms with E-state index in [1.165, 1.54) is 0 Å². The van der Waals surface area contributed by atoms with Crippen LogP contribution in [0.4, 0.5) is 0 Å². The van der Waals surface area contributed by atoms with Crippen LogP contribution in [0.15, 0.2) is 0 Å². The van der Waals surface area contributed by atoms with Gasteiger partial charge in [0.25, 0.3) is 0 Å². The van der Waals surface area contributed by atoms with Crippen LogP contribution in [0, 0.1) is 0 Å². The molecule has 0 aromatic heterocycles. The molecule has 0 bridgehead atoms. The van der Waals surface area contributed by atoms with Gasteiger partial charge in [-0.15, -0.1) is 0 Å². The lowest BCUT2D eigenvalue weighted by Crippen LogP contribution is -2.72. The van der Waals surface area contributed by atoms with E-state index >= 15 is 0 Å². The second-order valence-corrected chi connectivity index (χ2v) is 4.32. The Balaban J connectivity index is 2.97. The topological polar surface area (TPSA) is 58.2 Å². The van der Waals surface area contributed by atoms with Crippen LogP contribution < -0.4 is 10.6 Å². The molecule has 1 heterocycles. The summed E-state index contributed by atoms with van der Waals surface area (Å²) in [6.45, 7) is 7.22. The number of hydrogen-bond donors (Lipinski definition) is 2. The third-order valence-electron chi connectivity index (χ3n) is 2.99. The Morgan fingerprint density at radius 1 is 1.00 bits per heavy atom. The molecule has 1 aliphatic rings. The van der Waals surface area contributed by atoms with Crippen LogP contribution in [0.5, 0.6) is 0 Å². The molecule has 0 aromatic rings. The van der Waals surface area contributed by atoms with Crippen molar-refractivity contribution in [1.82, 2.24) is 10.6 Å². The Morgan fingerprint density at radius 2 is 1.50 bits per heavy atom. The predicted octanol–water partition coefficient (Wildman–Crippen LogP) is 0.570. The number of piperazine rings is 1. The van der Waals surface area contributed by atoms with Gasteiger partial charge in [-0.1, -0.05) is 13.8 Å². The molecule has 1 aliphatic heterocycles. The number of hydrogen-bond acceptors (Lipinski definition) is 2. The summed E-state index contributed by atoms with van der Waals surface area (Å²) in [6.07, 6.45) is 1.24. The van der Waals surface area contributed by atoms with Gasteiger partial charge in [0.1, 0.15) is 11.1 Å². The Kier molecular flexibility index (Phi) is 2.56. The van der Waals surface area contributed by atoms with E-state index in [9.17, 15) is 9.59 Å². The SMILES string of the molecule is CCC1(CC)NC(=O)C(C)(C)NC1=O. The first-order valence-electron chi connectivity index (χ1n) is 5.03. The van der Waals surface area contributed by atoms with Crippen LogP contribution in [0.3, 0.4) is 0 Å². The van der Waals surface area contributed by atoms with E-state index in [4.69, 9.17) is 0 Å². The quantitative estimate of drug-likeness (QED) is 0.681. The molecular formula is C10H18N2O2. The van der Waals surface area contributed by atoms with Crippen LogP contribution in [0.1, 0.15) is 40.5 Å². The second-order valence-electron chi connectivity index (χ2n) is 4.32. The number of amides is 2. The zero-order valence-electron chi connectivity index (χ0n) is 9.23. The molecular weight excluding hydrogens is 180 g/mol. The molecule has 0 atom stereocenters. The maximum atomic E-state index is 11.8. The summed E-state index contributed by atoms with van der Waals surface area (Å²) in [5, 5.41) is 5.57. The highest BCUT2D eigenvalue weighted by Gasteiger charge is 2.47. The maximum Gasteiger partial charge on any atom is 0.246 e. The summed E-state index contributed by atoms with van der Waals surface area (Å²) in [5.41, 5.74) is -1.49. The van der Waals surface area contributed by atoms with E-state index in [-0.39, 0.29) is 11.8 Å². The lowest BCUT2D eigenvalue weighted by atomic mass is 9.85. The Hall–Kier alpha value is -1.06. The molecule has 0 aromatic carbocycles. The Bertz CT molecular complexity index is 267. The first-order valence-corrected chi connectivity index (χ1v) is 5.03. The lowest BCUT2D eigenvalue weighted by Gasteiger charge is -2.42. The van der Waals surface area contributed by atoms with E-state index < -0.39 is 11.1 Å². The van der Waals surface area contributed by atoms with Crippen molar-refractivity contribution in [2.75, 3.05) is 0 Å². The summed E-state index contributed by atoms with van der Waals surface area (Å²) in [4.78, 5) is 23.5. The maximum absolute atomic E-state index is 11.8. The normalized spacial score (nSPS) is 24.0. The zero-order valence-corrected chi connectivity index (χ0v) is 9.23. The smallest absolute Gasteiger partial charge is 0.246 e. The van der Waals surface area contributed by atoms with Crippen molar-refractivity contribution in [1.29, 1.82) is 0 Å². The number of carbonyl (C=O) groups is 2. The first kappa shape index (κ1) is 11.0. The molecule has 2 N–H and O–H groups in total. The van der Waals surface area contributed by atoms with Crippen molar-refractivity contribution < 1.29 is 9.59 Å². The van der Waals surface area contributed by atoms with Crippen molar-refractivity contribution in [3.8, 4) is 0 Å². The largest absolute Gasteiger partial charge is 0.340 e. The molecule has 0 spiro atoms. The third kappa shape index (κ3) is 1.49. The van der Waals surface area contributed by atoms with Crippen LogP contribution in [0.25, 0.3) is 0 Å². The molecule has 1 saturated heterocycles. The van der Waals surface area contributed by atoms with Gasteiger partial charge in [0.15, 0.2) is 0 Å². The van der Waals surface area contributed by atoms with Gasteiger partial charge in [0.2, 0.25) is 11.8 Å². The molecule has 2 amide bonds. The molecule has 0 saturated carbocycles. The highest BCUT2D eigenvalue weighted by molar-refractivity contribution is 6.01. The molecule has 80 valence electrons. The molecule has 1 fully saturated rings. The monoisotopic (exact) mass is 198 g/mol. The summed E-state index contributed by atoms with van der Waals surface area (Å²) >= 11 is 0. The summed E-state index contributed by atoms with van der Waals surface area (Å²) in [6, 6.07) is 0. The van der Waals surface area contributed by atoms with Gasteiger partial charge < -0.3 is 10.6 Å². The van der Waals surface area contributed by atoms with Gasteiger partial charge in [-0.25, -0.2) is 0 Å². The van der Waals surface area contributed by atoms with Gasteiger partial charge >= 0.3 is 0 Å². The average molecular weight is 198 g/mol. The zero-order chi connectivity index (χ0) is 11.0. The highest BCUT2D eigenvalue weighted by Crippen LogP contribution is 2.22. The summed E-state index contributed by atoms with van der Waals surface area (Å²) in [5.74, 6) is -0.187. The van der Waals surface area contributed by atoms with Crippen molar-refractivity contribution in [2.24, 2.45) is 0 Å². The van der Waals surface area contributed by atoms with Crippen LogP contribution >= 0.6 is 0 Å². The standard InChI is InChI=1S/C10H18N2O2/c1-5-10(6-2)8(14)11-9(3,4)7(13)12-10/h5-6H2,1-4H3,(H,11,14)(H,12,13). The molecule has 0 radical (unpaired) electrons. The highest BCUT2D eigenvalue weighted by atomic mass is 16.2. The fraction of sp³-hybridized carbons (Fsp3) is 0.800. The summed E-state index contributed by atoms with van der Waals surface area (Å²) in [7, 11) is 0. The minimum atomic E-state index is -0.787. The lowest BCUT2D eigenvalue weighted by molar-refractivity contribution is -0.145. The molecule has 4 nitrogen and oxygen atoms in total. The fourth-order valence-corrected chi connectivity index (χ4v) is 1.64. The molecule has 14 heavy (non-hydrogen) atoms. The van der Waals surface area contributed by atoms with Gasteiger partial charge in [0.05, 0.1) is 0 Å². The Morgan fingerprint density at radius 3 is 1.93 bits per heavy atom. The van der Waals surface area contributed by atoms with Gasteiger partial charge in [-0.3, -0.25) is 9.59 Å². The van der Waals surface area contributed by atoms with Crippen molar-refractivity contribution >= 4 is 11.8 Å².